The van der Waals surface area contributed by atoms with Crippen LogP contribution in [0.15, 0.2) is 0 Å². The first-order chi connectivity index (χ1) is 15.4. The van der Waals surface area contributed by atoms with Gasteiger partial charge in [-0.3, -0.25) is 0 Å². The molecule has 0 aliphatic rings. The normalized spacial score (nSPS) is 13.8. The maximum atomic E-state index is 3.38. The molecule has 0 unspecified atom stereocenters. The molecule has 0 atom stereocenters. The van der Waals surface area contributed by atoms with Crippen molar-refractivity contribution in [1.82, 2.24) is 4.23 Å². The molecule has 0 spiro atoms. The third-order valence-electron chi connectivity index (χ3n) is 9.22. The van der Waals surface area contributed by atoms with Crippen molar-refractivity contribution in [3.8, 4) is 0 Å². The number of unbranched alkanes of at least 4 members (excludes halogenated alkanes) is 9. The van der Waals surface area contributed by atoms with Crippen molar-refractivity contribution in [2.45, 2.75) is 187 Å². The second kappa shape index (κ2) is 16.2. The lowest BCUT2D eigenvalue weighted by Gasteiger charge is -2.63. The summed E-state index contributed by atoms with van der Waals surface area (Å²) >= 11 is 0. The quantitative estimate of drug-likeness (QED) is 0.127. The van der Waals surface area contributed by atoms with Crippen LogP contribution in [0.3, 0.4) is 0 Å². The van der Waals surface area contributed by atoms with Gasteiger partial charge in [-0.05, 0) is 46.2 Å². The van der Waals surface area contributed by atoms with Crippen LogP contribution in [0.5, 0.6) is 0 Å². The van der Waals surface area contributed by atoms with Gasteiger partial charge in [-0.25, -0.2) is 0 Å². The van der Waals surface area contributed by atoms with Crippen molar-refractivity contribution < 1.29 is 0 Å². The molecular formula is C30H67NSi2. The van der Waals surface area contributed by atoms with Gasteiger partial charge in [0.15, 0.2) is 0 Å². The van der Waals surface area contributed by atoms with Crippen molar-refractivity contribution >= 4 is 16.5 Å². The predicted molar refractivity (Wildman–Crippen MR) is 161 cm³/mol. The first-order valence-electron chi connectivity index (χ1n) is 15.1. The van der Waals surface area contributed by atoms with E-state index in [0.29, 0.717) is 0 Å². The summed E-state index contributed by atoms with van der Waals surface area (Å²) in [5, 5.41) is 0. The van der Waals surface area contributed by atoms with Crippen molar-refractivity contribution in [2.75, 3.05) is 6.54 Å². The van der Waals surface area contributed by atoms with Crippen LogP contribution in [0.4, 0.5) is 0 Å². The molecule has 0 radical (unpaired) electrons. The molecular weight excluding hydrogens is 431 g/mol. The molecule has 0 rings (SSSR count). The van der Waals surface area contributed by atoms with E-state index in [2.05, 4.69) is 94.2 Å². The molecule has 0 fully saturated rings. The van der Waals surface area contributed by atoms with E-state index in [0.717, 1.165) is 33.2 Å². The van der Waals surface area contributed by atoms with E-state index in [4.69, 9.17) is 0 Å². The summed E-state index contributed by atoms with van der Waals surface area (Å²) in [6, 6.07) is 0. The minimum Gasteiger partial charge on any atom is -0.344 e. The standard InChI is InChI=1S/C30H67NSi2/c1-14-15-16-17-18-19-20-21-22-23-24-31(32(25(2)3,26(4)5)27(6)7)33(28(8)9,29(10)11)30(12)13/h25-30H,14-24H2,1-13H3. The predicted octanol–water partition coefficient (Wildman–Crippen LogP) is 11.6. The average molecular weight is 498 g/mol. The highest BCUT2D eigenvalue weighted by Gasteiger charge is 2.58. The van der Waals surface area contributed by atoms with Crippen molar-refractivity contribution in [1.29, 1.82) is 0 Å². The maximum absolute atomic E-state index is 3.38. The van der Waals surface area contributed by atoms with E-state index in [-0.39, 0.29) is 0 Å². The van der Waals surface area contributed by atoms with E-state index >= 15 is 0 Å². The molecule has 0 aromatic heterocycles. The van der Waals surface area contributed by atoms with Crippen molar-refractivity contribution in [2.24, 2.45) is 0 Å². The molecule has 0 aliphatic carbocycles. The Morgan fingerprint density at radius 1 is 0.394 bits per heavy atom. The summed E-state index contributed by atoms with van der Waals surface area (Å²) in [5.41, 5.74) is 4.85. The van der Waals surface area contributed by atoms with Crippen LogP contribution in [0.25, 0.3) is 0 Å². The van der Waals surface area contributed by atoms with Gasteiger partial charge in [0.2, 0.25) is 0 Å². The number of nitrogens with zero attached hydrogens (tertiary/aromatic N) is 1. The maximum Gasteiger partial charge on any atom is 0.129 e. The lowest BCUT2D eigenvalue weighted by Crippen LogP contribution is -2.73. The van der Waals surface area contributed by atoms with Crippen LogP contribution >= 0.6 is 0 Å². The van der Waals surface area contributed by atoms with Gasteiger partial charge in [0.1, 0.15) is 16.5 Å². The Kier molecular flexibility index (Phi) is 16.4. The third kappa shape index (κ3) is 8.20. The highest BCUT2D eigenvalue weighted by Crippen LogP contribution is 2.53. The minimum absolute atomic E-state index is 0.809. The fourth-order valence-electron chi connectivity index (χ4n) is 8.35. The molecule has 0 heterocycles. The van der Waals surface area contributed by atoms with Crippen molar-refractivity contribution in [3.05, 3.63) is 0 Å². The summed E-state index contributed by atoms with van der Waals surface area (Å²) in [7, 11) is -3.36. The van der Waals surface area contributed by atoms with Gasteiger partial charge in [-0.1, -0.05) is 148 Å². The third-order valence-corrected chi connectivity index (χ3v) is 25.0. The average Bonchev–Trinajstić information content (AvgIpc) is 2.68. The van der Waals surface area contributed by atoms with Gasteiger partial charge < -0.3 is 4.23 Å². The van der Waals surface area contributed by atoms with Crippen LogP contribution in [0.2, 0.25) is 33.2 Å². The first kappa shape index (κ1) is 33.4. The summed E-state index contributed by atoms with van der Waals surface area (Å²) < 4.78 is 3.38. The Morgan fingerprint density at radius 2 is 0.636 bits per heavy atom. The summed E-state index contributed by atoms with van der Waals surface area (Å²) in [6.07, 6.45) is 14.4. The molecule has 1 nitrogen and oxygen atoms in total. The zero-order valence-electron chi connectivity index (χ0n) is 25.7. The van der Waals surface area contributed by atoms with Gasteiger partial charge >= 0.3 is 0 Å². The highest BCUT2D eigenvalue weighted by molar-refractivity contribution is 6.96. The Bertz CT molecular complexity index is 406. The van der Waals surface area contributed by atoms with Crippen LogP contribution in [0.1, 0.15) is 154 Å². The molecule has 0 aliphatic heterocycles. The lowest BCUT2D eigenvalue weighted by atomic mass is 10.1. The second-order valence-corrected chi connectivity index (χ2v) is 25.0. The van der Waals surface area contributed by atoms with E-state index in [1.807, 2.05) is 0 Å². The number of hydrogen-bond donors (Lipinski definition) is 0. The first-order valence-corrected chi connectivity index (χ1v) is 19.5. The Hall–Kier alpha value is 0.394. The van der Waals surface area contributed by atoms with Gasteiger partial charge in [0.25, 0.3) is 0 Å². The van der Waals surface area contributed by atoms with Crippen LogP contribution in [0, 0.1) is 0 Å². The Labute approximate surface area is 214 Å². The Morgan fingerprint density at radius 3 is 0.879 bits per heavy atom. The molecule has 33 heavy (non-hydrogen) atoms. The molecule has 0 bridgehead atoms. The zero-order chi connectivity index (χ0) is 25.8. The van der Waals surface area contributed by atoms with Crippen LogP contribution in [-0.2, 0) is 0 Å². The highest BCUT2D eigenvalue weighted by atomic mass is 28.4. The minimum atomic E-state index is -1.68. The molecule has 3 heteroatoms. The zero-order valence-corrected chi connectivity index (χ0v) is 27.7. The molecule has 0 aromatic rings. The monoisotopic (exact) mass is 497 g/mol. The van der Waals surface area contributed by atoms with E-state index in [1.54, 1.807) is 0 Å². The molecule has 0 N–H and O–H groups in total. The smallest absolute Gasteiger partial charge is 0.129 e. The lowest BCUT2D eigenvalue weighted by molar-refractivity contribution is 0.466. The SMILES string of the molecule is CCCCCCCCCCCCN([Si](C(C)C)(C(C)C)C(C)C)[Si](C(C)C)(C(C)C)C(C)C. The Balaban J connectivity index is 5.71. The van der Waals surface area contributed by atoms with Gasteiger partial charge in [-0.2, -0.15) is 0 Å². The molecule has 0 amide bonds. The fourth-order valence-corrected chi connectivity index (χ4v) is 28.5. The topological polar surface area (TPSA) is 3.24 Å². The van der Waals surface area contributed by atoms with Crippen molar-refractivity contribution in [3.63, 3.8) is 0 Å². The summed E-state index contributed by atoms with van der Waals surface area (Å²) in [5.74, 6) is 0. The van der Waals surface area contributed by atoms with Gasteiger partial charge in [-0.15, -0.1) is 0 Å². The van der Waals surface area contributed by atoms with Crippen LogP contribution in [-0.4, -0.2) is 27.2 Å². The second-order valence-electron chi connectivity index (χ2n) is 13.0. The number of hydrogen-bond acceptors (Lipinski definition) is 1. The molecule has 0 aromatic carbocycles. The molecule has 200 valence electrons. The van der Waals surface area contributed by atoms with E-state index in [1.165, 1.54) is 70.8 Å². The summed E-state index contributed by atoms with van der Waals surface area (Å²) in [4.78, 5) is 0. The van der Waals surface area contributed by atoms with E-state index in [9.17, 15) is 0 Å². The molecule has 0 saturated carbocycles. The summed E-state index contributed by atoms with van der Waals surface area (Å²) in [6.45, 7) is 34.7. The van der Waals surface area contributed by atoms with Gasteiger partial charge in [0.05, 0.1) is 0 Å². The number of rotatable bonds is 19. The largest absolute Gasteiger partial charge is 0.344 e. The van der Waals surface area contributed by atoms with Gasteiger partial charge in [0, 0.05) is 0 Å². The molecule has 0 saturated heterocycles. The van der Waals surface area contributed by atoms with Crippen LogP contribution < -0.4 is 0 Å². The van der Waals surface area contributed by atoms with E-state index < -0.39 is 16.5 Å². The fraction of sp³-hybridized carbons (Fsp3) is 1.00.